The van der Waals surface area contributed by atoms with Crippen molar-refractivity contribution < 1.29 is 14.2 Å². The summed E-state index contributed by atoms with van der Waals surface area (Å²) in [5, 5.41) is 0. The largest absolute Gasteiger partial charge is 0.382 e. The minimum atomic E-state index is -0.954. The molecule has 0 saturated carbocycles. The molecule has 0 aromatic rings. The second-order valence-corrected chi connectivity index (χ2v) is 10.7. The highest BCUT2D eigenvalue weighted by Crippen LogP contribution is 2.08. The number of ether oxygens (including phenoxy) is 3. The molecule has 0 bridgehead atoms. The van der Waals surface area contributed by atoms with Crippen LogP contribution in [0.2, 0.25) is 25.7 Å². The molecule has 0 rings (SSSR count). The standard InChI is InChI=1S/C11H26O3Si/c1-11(10-13-7-6-12-2)14-8-9-15(3,4)5/h11H,6-10H2,1-5H3. The highest BCUT2D eigenvalue weighted by atomic mass is 28.3. The van der Waals surface area contributed by atoms with E-state index >= 15 is 0 Å². The van der Waals surface area contributed by atoms with Gasteiger partial charge in [0.2, 0.25) is 0 Å². The molecule has 1 unspecified atom stereocenters. The molecule has 0 aliphatic rings. The number of hydrogen-bond acceptors (Lipinski definition) is 3. The molecule has 0 spiro atoms. The van der Waals surface area contributed by atoms with E-state index in [1.54, 1.807) is 7.11 Å². The van der Waals surface area contributed by atoms with E-state index in [-0.39, 0.29) is 6.10 Å². The Kier molecular flexibility index (Phi) is 8.33. The van der Waals surface area contributed by atoms with Crippen LogP contribution in [0.4, 0.5) is 0 Å². The fourth-order valence-corrected chi connectivity index (χ4v) is 1.74. The molecule has 0 aromatic heterocycles. The fraction of sp³-hybridized carbons (Fsp3) is 1.00. The Morgan fingerprint density at radius 3 is 2.27 bits per heavy atom. The third-order valence-corrected chi connectivity index (χ3v) is 3.74. The van der Waals surface area contributed by atoms with Crippen LogP contribution in [0.3, 0.4) is 0 Å². The van der Waals surface area contributed by atoms with Crippen molar-refractivity contribution in [3.63, 3.8) is 0 Å². The zero-order valence-corrected chi connectivity index (χ0v) is 11.8. The molecular formula is C11H26O3Si. The van der Waals surface area contributed by atoms with Gasteiger partial charge in [0.25, 0.3) is 0 Å². The molecule has 0 heterocycles. The molecule has 0 aromatic carbocycles. The van der Waals surface area contributed by atoms with E-state index in [0.29, 0.717) is 19.8 Å². The first-order valence-electron chi connectivity index (χ1n) is 5.64. The SMILES string of the molecule is COCCOCC(C)OCC[Si](C)(C)C. The lowest BCUT2D eigenvalue weighted by molar-refractivity contribution is -0.0146. The molecule has 0 N–H and O–H groups in total. The minimum absolute atomic E-state index is 0.193. The summed E-state index contributed by atoms with van der Waals surface area (Å²) < 4.78 is 15.9. The first-order chi connectivity index (χ1) is 6.95. The summed E-state index contributed by atoms with van der Waals surface area (Å²) in [5.74, 6) is 0. The predicted molar refractivity (Wildman–Crippen MR) is 66.3 cm³/mol. The van der Waals surface area contributed by atoms with Gasteiger partial charge in [0.15, 0.2) is 0 Å². The van der Waals surface area contributed by atoms with Gasteiger partial charge in [0.1, 0.15) is 0 Å². The van der Waals surface area contributed by atoms with Crippen LogP contribution in [-0.4, -0.2) is 47.7 Å². The van der Waals surface area contributed by atoms with Crippen molar-refractivity contribution in [2.75, 3.05) is 33.5 Å². The smallest absolute Gasteiger partial charge is 0.0780 e. The van der Waals surface area contributed by atoms with Crippen LogP contribution in [0, 0.1) is 0 Å². The Balaban J connectivity index is 3.29. The van der Waals surface area contributed by atoms with Crippen LogP contribution in [0.25, 0.3) is 0 Å². The number of hydrogen-bond donors (Lipinski definition) is 0. The van der Waals surface area contributed by atoms with Crippen LogP contribution in [0.15, 0.2) is 0 Å². The van der Waals surface area contributed by atoms with E-state index < -0.39 is 8.07 Å². The topological polar surface area (TPSA) is 27.7 Å². The molecule has 15 heavy (non-hydrogen) atoms. The van der Waals surface area contributed by atoms with E-state index in [9.17, 15) is 0 Å². The van der Waals surface area contributed by atoms with Crippen molar-refractivity contribution in [1.29, 1.82) is 0 Å². The average molecular weight is 234 g/mol. The van der Waals surface area contributed by atoms with Gasteiger partial charge in [-0.2, -0.15) is 0 Å². The minimum Gasteiger partial charge on any atom is -0.382 e. The molecule has 0 fully saturated rings. The van der Waals surface area contributed by atoms with Crippen LogP contribution in [0.5, 0.6) is 0 Å². The summed E-state index contributed by atoms with van der Waals surface area (Å²) in [5.41, 5.74) is 0. The zero-order chi connectivity index (χ0) is 11.7. The van der Waals surface area contributed by atoms with Crippen molar-refractivity contribution >= 4 is 8.07 Å². The van der Waals surface area contributed by atoms with Gasteiger partial charge in [0, 0.05) is 21.8 Å². The van der Waals surface area contributed by atoms with E-state index in [2.05, 4.69) is 26.6 Å². The molecule has 0 aliphatic carbocycles. The molecule has 1 atom stereocenters. The molecule has 0 radical (unpaired) electrons. The monoisotopic (exact) mass is 234 g/mol. The van der Waals surface area contributed by atoms with Crippen molar-refractivity contribution in [3.05, 3.63) is 0 Å². The molecule has 4 heteroatoms. The zero-order valence-electron chi connectivity index (χ0n) is 10.8. The Morgan fingerprint density at radius 1 is 1.07 bits per heavy atom. The number of methoxy groups -OCH3 is 1. The summed E-state index contributed by atoms with van der Waals surface area (Å²) in [6.07, 6.45) is 0.193. The maximum absolute atomic E-state index is 5.67. The predicted octanol–water partition coefficient (Wildman–Crippen LogP) is 2.39. The fourth-order valence-electron chi connectivity index (χ4n) is 1.01. The third kappa shape index (κ3) is 12.0. The summed E-state index contributed by atoms with van der Waals surface area (Å²) in [6, 6.07) is 1.22. The Hall–Kier alpha value is 0.0969. The van der Waals surface area contributed by atoms with Gasteiger partial charge < -0.3 is 14.2 Å². The van der Waals surface area contributed by atoms with Gasteiger partial charge >= 0.3 is 0 Å². The van der Waals surface area contributed by atoms with Gasteiger partial charge in [-0.3, -0.25) is 0 Å². The van der Waals surface area contributed by atoms with Crippen LogP contribution in [0.1, 0.15) is 6.92 Å². The third-order valence-electron chi connectivity index (χ3n) is 2.04. The van der Waals surface area contributed by atoms with E-state index in [0.717, 1.165) is 6.61 Å². The Morgan fingerprint density at radius 2 is 1.73 bits per heavy atom. The summed E-state index contributed by atoms with van der Waals surface area (Å²) in [6.45, 7) is 12.0. The molecule has 3 nitrogen and oxygen atoms in total. The van der Waals surface area contributed by atoms with Gasteiger partial charge in [-0.15, -0.1) is 0 Å². The van der Waals surface area contributed by atoms with Gasteiger partial charge in [0.05, 0.1) is 25.9 Å². The van der Waals surface area contributed by atoms with E-state index in [4.69, 9.17) is 14.2 Å². The van der Waals surface area contributed by atoms with Crippen molar-refractivity contribution in [2.24, 2.45) is 0 Å². The molecule has 0 amide bonds. The summed E-state index contributed by atoms with van der Waals surface area (Å²) in [7, 11) is 0.724. The summed E-state index contributed by atoms with van der Waals surface area (Å²) in [4.78, 5) is 0. The maximum atomic E-state index is 5.67. The van der Waals surface area contributed by atoms with Crippen LogP contribution in [-0.2, 0) is 14.2 Å². The maximum Gasteiger partial charge on any atom is 0.0780 e. The highest BCUT2D eigenvalue weighted by Gasteiger charge is 2.13. The van der Waals surface area contributed by atoms with Crippen molar-refractivity contribution in [3.8, 4) is 0 Å². The highest BCUT2D eigenvalue weighted by molar-refractivity contribution is 6.76. The first kappa shape index (κ1) is 15.1. The average Bonchev–Trinajstić information content (AvgIpc) is 2.10. The quantitative estimate of drug-likeness (QED) is 0.453. The Labute approximate surface area is 95.1 Å². The normalized spacial score (nSPS) is 14.2. The lowest BCUT2D eigenvalue weighted by Crippen LogP contribution is -2.25. The lowest BCUT2D eigenvalue weighted by atomic mass is 10.4. The van der Waals surface area contributed by atoms with E-state index in [1.807, 2.05) is 0 Å². The lowest BCUT2D eigenvalue weighted by Gasteiger charge is -2.18. The second kappa shape index (κ2) is 8.27. The molecular weight excluding hydrogens is 208 g/mol. The van der Waals surface area contributed by atoms with Crippen LogP contribution >= 0.6 is 0 Å². The van der Waals surface area contributed by atoms with Gasteiger partial charge in [-0.05, 0) is 13.0 Å². The van der Waals surface area contributed by atoms with Crippen LogP contribution < -0.4 is 0 Å². The van der Waals surface area contributed by atoms with Crippen molar-refractivity contribution in [1.82, 2.24) is 0 Å². The first-order valence-corrected chi connectivity index (χ1v) is 9.34. The second-order valence-electron chi connectivity index (χ2n) is 5.06. The Bertz CT molecular complexity index is 145. The van der Waals surface area contributed by atoms with Crippen molar-refractivity contribution in [2.45, 2.75) is 38.7 Å². The molecule has 0 saturated heterocycles. The molecule has 92 valence electrons. The van der Waals surface area contributed by atoms with Gasteiger partial charge in [-0.1, -0.05) is 19.6 Å². The molecule has 0 aliphatic heterocycles. The van der Waals surface area contributed by atoms with Gasteiger partial charge in [-0.25, -0.2) is 0 Å². The van der Waals surface area contributed by atoms with E-state index in [1.165, 1.54) is 6.04 Å². The summed E-state index contributed by atoms with van der Waals surface area (Å²) >= 11 is 0. The number of rotatable bonds is 9.